The molecule has 0 fully saturated rings. The summed E-state index contributed by atoms with van der Waals surface area (Å²) < 4.78 is 2.17. The number of aryl methyl sites for hydroxylation is 1. The van der Waals surface area contributed by atoms with E-state index in [-0.39, 0.29) is 5.91 Å². The van der Waals surface area contributed by atoms with Crippen LogP contribution in [0.4, 0.5) is 0 Å². The molecule has 0 saturated carbocycles. The second kappa shape index (κ2) is 6.92. The molecule has 1 N–H and O–H groups in total. The molecule has 1 heterocycles. The van der Waals surface area contributed by atoms with Crippen LogP contribution >= 0.6 is 0 Å². The Morgan fingerprint density at radius 1 is 1.13 bits per heavy atom. The van der Waals surface area contributed by atoms with Gasteiger partial charge in [-0.05, 0) is 18.6 Å². The lowest BCUT2D eigenvalue weighted by Crippen LogP contribution is -2.19. The molecule has 0 atom stereocenters. The molecule has 3 aromatic rings. The number of hydrogen-bond donors (Lipinski definition) is 1. The van der Waals surface area contributed by atoms with Crippen molar-refractivity contribution in [1.82, 2.24) is 9.99 Å². The number of carbonyl (C=O) groups is 1. The molecular weight excluding hydrogens is 286 g/mol. The van der Waals surface area contributed by atoms with E-state index in [4.69, 9.17) is 0 Å². The van der Waals surface area contributed by atoms with Gasteiger partial charge in [-0.15, -0.1) is 0 Å². The predicted octanol–water partition coefficient (Wildman–Crippen LogP) is 3.35. The largest absolute Gasteiger partial charge is 0.347 e. The maximum absolute atomic E-state index is 11.9. The number of hydrogen-bond acceptors (Lipinski definition) is 2. The molecule has 0 bridgehead atoms. The normalized spacial score (nSPS) is 11.2. The Labute approximate surface area is 135 Å². The lowest BCUT2D eigenvalue weighted by Gasteiger charge is -1.99. The van der Waals surface area contributed by atoms with Crippen molar-refractivity contribution in [2.45, 2.75) is 19.9 Å². The Kier molecular flexibility index (Phi) is 4.52. The van der Waals surface area contributed by atoms with Gasteiger partial charge in [0.05, 0.1) is 12.6 Å². The van der Waals surface area contributed by atoms with Gasteiger partial charge in [0.2, 0.25) is 5.91 Å². The molecule has 0 unspecified atom stereocenters. The molecule has 0 radical (unpaired) electrons. The van der Waals surface area contributed by atoms with E-state index in [9.17, 15) is 4.79 Å². The molecule has 0 aliphatic carbocycles. The van der Waals surface area contributed by atoms with Crippen LogP contribution in [0.3, 0.4) is 0 Å². The number of aromatic nitrogens is 1. The monoisotopic (exact) mass is 305 g/mol. The predicted molar refractivity (Wildman–Crippen MR) is 93.5 cm³/mol. The first-order chi connectivity index (χ1) is 11.3. The number of fused-ring (bicyclic) bond motifs is 1. The van der Waals surface area contributed by atoms with Crippen molar-refractivity contribution in [1.29, 1.82) is 0 Å². The van der Waals surface area contributed by atoms with Crippen LogP contribution in [0.15, 0.2) is 65.9 Å². The van der Waals surface area contributed by atoms with Crippen LogP contribution in [-0.2, 0) is 17.8 Å². The van der Waals surface area contributed by atoms with Crippen LogP contribution in [0.1, 0.15) is 18.1 Å². The number of carbonyl (C=O) groups excluding carboxylic acids is 1. The van der Waals surface area contributed by atoms with E-state index in [0.29, 0.717) is 6.42 Å². The minimum atomic E-state index is -0.119. The van der Waals surface area contributed by atoms with E-state index in [1.165, 1.54) is 5.52 Å². The fraction of sp³-hybridized carbons (Fsp3) is 0.158. The maximum atomic E-state index is 11.9. The molecule has 2 aromatic carbocycles. The number of benzene rings is 2. The first-order valence-electron chi connectivity index (χ1n) is 7.71. The van der Waals surface area contributed by atoms with Crippen molar-refractivity contribution >= 4 is 23.0 Å². The minimum absolute atomic E-state index is 0.119. The van der Waals surface area contributed by atoms with Crippen LogP contribution in [0.5, 0.6) is 0 Å². The van der Waals surface area contributed by atoms with E-state index in [1.54, 1.807) is 6.21 Å². The summed E-state index contributed by atoms with van der Waals surface area (Å²) in [5.74, 6) is -0.119. The topological polar surface area (TPSA) is 46.4 Å². The highest BCUT2D eigenvalue weighted by atomic mass is 16.2. The smallest absolute Gasteiger partial charge is 0.244 e. The average molecular weight is 305 g/mol. The number of nitrogens with one attached hydrogen (secondary N) is 1. The van der Waals surface area contributed by atoms with Gasteiger partial charge in [0.1, 0.15) is 0 Å². The molecule has 0 aliphatic rings. The van der Waals surface area contributed by atoms with Crippen LogP contribution in [0.2, 0.25) is 0 Å². The summed E-state index contributed by atoms with van der Waals surface area (Å²) in [4.78, 5) is 11.9. The molecule has 0 saturated heterocycles. The summed E-state index contributed by atoms with van der Waals surface area (Å²) in [5.41, 5.74) is 5.74. The number of rotatable bonds is 5. The van der Waals surface area contributed by atoms with Gasteiger partial charge >= 0.3 is 0 Å². The zero-order valence-corrected chi connectivity index (χ0v) is 13.1. The quantitative estimate of drug-likeness (QED) is 0.570. The molecule has 1 amide bonds. The number of para-hydroxylation sites is 1. The zero-order valence-electron chi connectivity index (χ0n) is 13.1. The molecule has 3 rings (SSSR count). The Balaban J connectivity index is 1.70. The van der Waals surface area contributed by atoms with Crippen molar-refractivity contribution in [2.24, 2.45) is 5.10 Å². The molecule has 0 spiro atoms. The molecule has 0 aliphatic heterocycles. The van der Waals surface area contributed by atoms with E-state index < -0.39 is 0 Å². The summed E-state index contributed by atoms with van der Waals surface area (Å²) >= 11 is 0. The third-order valence-electron chi connectivity index (χ3n) is 3.76. The van der Waals surface area contributed by atoms with Crippen molar-refractivity contribution in [3.8, 4) is 0 Å². The van der Waals surface area contributed by atoms with Gasteiger partial charge in [-0.25, -0.2) is 5.43 Å². The van der Waals surface area contributed by atoms with E-state index >= 15 is 0 Å². The van der Waals surface area contributed by atoms with Gasteiger partial charge in [0.25, 0.3) is 0 Å². The fourth-order valence-corrected chi connectivity index (χ4v) is 2.63. The third kappa shape index (κ3) is 3.48. The van der Waals surface area contributed by atoms with Gasteiger partial charge in [-0.2, -0.15) is 5.10 Å². The molecule has 116 valence electrons. The molecule has 4 heteroatoms. The lowest BCUT2D eigenvalue weighted by atomic mass is 10.1. The molecule has 1 aromatic heterocycles. The van der Waals surface area contributed by atoms with Gasteiger partial charge in [0.15, 0.2) is 0 Å². The third-order valence-corrected chi connectivity index (χ3v) is 3.76. The van der Waals surface area contributed by atoms with Crippen LogP contribution < -0.4 is 5.43 Å². The lowest BCUT2D eigenvalue weighted by molar-refractivity contribution is -0.120. The second-order valence-electron chi connectivity index (χ2n) is 5.34. The Morgan fingerprint density at radius 2 is 1.87 bits per heavy atom. The Morgan fingerprint density at radius 3 is 2.65 bits per heavy atom. The number of nitrogens with zero attached hydrogens (tertiary/aromatic N) is 2. The van der Waals surface area contributed by atoms with Crippen molar-refractivity contribution in [3.05, 3.63) is 71.9 Å². The summed E-state index contributed by atoms with van der Waals surface area (Å²) in [6.07, 6.45) is 4.09. The summed E-state index contributed by atoms with van der Waals surface area (Å²) in [6, 6.07) is 17.8. The van der Waals surface area contributed by atoms with Crippen molar-refractivity contribution < 1.29 is 4.79 Å². The molecule has 4 nitrogen and oxygen atoms in total. The molecular formula is C19H19N3O. The van der Waals surface area contributed by atoms with Crippen LogP contribution in [0, 0.1) is 0 Å². The first kappa shape index (κ1) is 15.0. The highest BCUT2D eigenvalue weighted by Crippen LogP contribution is 2.19. The van der Waals surface area contributed by atoms with Gasteiger partial charge < -0.3 is 4.57 Å². The standard InChI is InChI=1S/C19H19N3O/c1-2-22-14-16(17-10-6-7-11-18(17)22)13-20-21-19(23)12-15-8-4-3-5-9-15/h3-11,13-14H,2,12H2,1H3,(H,21,23)/b20-13-. The minimum Gasteiger partial charge on any atom is -0.347 e. The first-order valence-corrected chi connectivity index (χ1v) is 7.71. The second-order valence-corrected chi connectivity index (χ2v) is 5.34. The summed E-state index contributed by atoms with van der Waals surface area (Å²) in [7, 11) is 0. The van der Waals surface area contributed by atoms with Gasteiger partial charge in [0, 0.05) is 29.2 Å². The average Bonchev–Trinajstić information content (AvgIpc) is 2.94. The van der Waals surface area contributed by atoms with Gasteiger partial charge in [-0.3, -0.25) is 4.79 Å². The fourth-order valence-electron chi connectivity index (χ4n) is 2.63. The van der Waals surface area contributed by atoms with Crippen molar-refractivity contribution in [3.63, 3.8) is 0 Å². The SMILES string of the molecule is CCn1cc(/C=N\NC(=O)Cc2ccccc2)c2ccccc21. The number of amides is 1. The van der Waals surface area contributed by atoms with Crippen molar-refractivity contribution in [2.75, 3.05) is 0 Å². The van der Waals surface area contributed by atoms with E-state index in [0.717, 1.165) is 23.1 Å². The van der Waals surface area contributed by atoms with Gasteiger partial charge in [-0.1, -0.05) is 48.5 Å². The van der Waals surface area contributed by atoms with Crippen LogP contribution in [0.25, 0.3) is 10.9 Å². The maximum Gasteiger partial charge on any atom is 0.244 e. The van der Waals surface area contributed by atoms with E-state index in [1.807, 2.05) is 42.5 Å². The Bertz CT molecular complexity index is 834. The van der Waals surface area contributed by atoms with E-state index in [2.05, 4.69) is 40.3 Å². The summed E-state index contributed by atoms with van der Waals surface area (Å²) in [5, 5.41) is 5.23. The highest BCUT2D eigenvalue weighted by Gasteiger charge is 2.05. The highest BCUT2D eigenvalue weighted by molar-refractivity contribution is 5.99. The van der Waals surface area contributed by atoms with Crippen LogP contribution in [-0.4, -0.2) is 16.7 Å². The molecule has 23 heavy (non-hydrogen) atoms. The number of hydrazone groups is 1. The Hall–Kier alpha value is -2.88. The zero-order chi connectivity index (χ0) is 16.1. The summed E-state index contributed by atoms with van der Waals surface area (Å²) in [6.45, 7) is 3.00.